The fourth-order valence-electron chi connectivity index (χ4n) is 3.53. The molecule has 7 nitrogen and oxygen atoms in total. The number of hydrogen-bond donors (Lipinski definition) is 2. The molecule has 8 heteroatoms. The van der Waals surface area contributed by atoms with Gasteiger partial charge < -0.3 is 15.4 Å². The summed E-state index contributed by atoms with van der Waals surface area (Å²) in [5.74, 6) is 1.93. The van der Waals surface area contributed by atoms with E-state index in [1.807, 2.05) is 30.3 Å². The van der Waals surface area contributed by atoms with Gasteiger partial charge in [0.25, 0.3) is 0 Å². The molecule has 0 aliphatic heterocycles. The number of sulfone groups is 1. The Bertz CT molecular complexity index is 1260. The quantitative estimate of drug-likeness (QED) is 0.455. The van der Waals surface area contributed by atoms with Gasteiger partial charge in [0.1, 0.15) is 21.4 Å². The van der Waals surface area contributed by atoms with Gasteiger partial charge in [-0.25, -0.2) is 13.4 Å². The summed E-state index contributed by atoms with van der Waals surface area (Å²) in [5, 5.41) is 6.52. The van der Waals surface area contributed by atoms with Gasteiger partial charge in [0.05, 0.1) is 12.4 Å². The third-order valence-corrected chi connectivity index (χ3v) is 5.99. The van der Waals surface area contributed by atoms with E-state index in [1.54, 1.807) is 12.3 Å². The fraction of sp³-hybridized carbons (Fsp3) is 0.250. The predicted molar refractivity (Wildman–Crippen MR) is 129 cm³/mol. The molecule has 32 heavy (non-hydrogen) atoms. The van der Waals surface area contributed by atoms with Crippen molar-refractivity contribution in [3.63, 3.8) is 0 Å². The molecule has 1 aliphatic carbocycles. The van der Waals surface area contributed by atoms with Crippen LogP contribution in [-0.4, -0.2) is 37.0 Å². The molecule has 0 bridgehead atoms. The normalized spacial score (nSPS) is 12.8. The van der Waals surface area contributed by atoms with E-state index in [9.17, 15) is 8.42 Å². The molecule has 0 saturated heterocycles. The minimum atomic E-state index is -2.98. The average molecular weight is 451 g/mol. The first-order chi connectivity index (χ1) is 15.3. The Kier molecular flexibility index (Phi) is 6.41. The summed E-state index contributed by atoms with van der Waals surface area (Å²) < 4.78 is 28.1. The van der Waals surface area contributed by atoms with E-state index in [0.717, 1.165) is 17.8 Å². The maximum absolute atomic E-state index is 11.2. The Morgan fingerprint density at radius 1 is 1.06 bits per heavy atom. The van der Waals surface area contributed by atoms with Crippen molar-refractivity contribution in [3.8, 4) is 5.75 Å². The predicted octanol–water partition coefficient (Wildman–Crippen LogP) is 4.74. The van der Waals surface area contributed by atoms with Crippen molar-refractivity contribution < 1.29 is 13.2 Å². The molecule has 2 aromatic carbocycles. The summed E-state index contributed by atoms with van der Waals surface area (Å²) >= 11 is 0. The zero-order valence-electron chi connectivity index (χ0n) is 18.1. The summed E-state index contributed by atoms with van der Waals surface area (Å²) in [6.07, 6.45) is 6.59. The first kappa shape index (κ1) is 21.8. The molecule has 0 radical (unpaired) electrons. The molecule has 0 fully saturated rings. The number of nitrogens with zero attached hydrogens (tertiary/aromatic N) is 2. The van der Waals surface area contributed by atoms with Crippen molar-refractivity contribution in [1.29, 1.82) is 0 Å². The van der Waals surface area contributed by atoms with Crippen molar-refractivity contribution in [1.82, 2.24) is 9.97 Å². The highest BCUT2D eigenvalue weighted by Crippen LogP contribution is 2.28. The van der Waals surface area contributed by atoms with Crippen molar-refractivity contribution in [2.75, 3.05) is 29.2 Å². The van der Waals surface area contributed by atoms with Gasteiger partial charge >= 0.3 is 0 Å². The van der Waals surface area contributed by atoms with E-state index in [4.69, 9.17) is 4.74 Å². The summed E-state index contributed by atoms with van der Waals surface area (Å²) in [7, 11) is -2.98. The number of aromatic nitrogens is 2. The second-order valence-electron chi connectivity index (χ2n) is 7.96. The van der Waals surface area contributed by atoms with Crippen LogP contribution < -0.4 is 15.4 Å². The van der Waals surface area contributed by atoms with Crippen LogP contribution in [-0.2, 0) is 16.3 Å². The highest BCUT2D eigenvalue weighted by molar-refractivity contribution is 7.90. The lowest BCUT2D eigenvalue weighted by Crippen LogP contribution is -2.08. The van der Waals surface area contributed by atoms with Gasteiger partial charge in [0, 0.05) is 29.9 Å². The zero-order valence-corrected chi connectivity index (χ0v) is 18.9. The van der Waals surface area contributed by atoms with Gasteiger partial charge in [-0.1, -0.05) is 23.8 Å². The van der Waals surface area contributed by atoms with Gasteiger partial charge in [0.2, 0.25) is 5.95 Å². The Labute approximate surface area is 188 Å². The molecule has 1 aromatic heterocycles. The third kappa shape index (κ3) is 6.07. The first-order valence-electron chi connectivity index (χ1n) is 10.4. The SMILES string of the molecule is CC1=Cc2cc(Nc3nccc(Nc4cccc(OCCCS(C)(=O)=O)c4)n3)ccc2C1. The van der Waals surface area contributed by atoms with Crippen LogP contribution >= 0.6 is 0 Å². The Morgan fingerprint density at radius 2 is 1.91 bits per heavy atom. The summed E-state index contributed by atoms with van der Waals surface area (Å²) in [5.41, 5.74) is 5.68. The second-order valence-corrected chi connectivity index (χ2v) is 10.2. The Hall–Kier alpha value is -3.39. The van der Waals surface area contributed by atoms with Crippen LogP contribution in [0.15, 0.2) is 60.3 Å². The van der Waals surface area contributed by atoms with E-state index in [-0.39, 0.29) is 5.75 Å². The largest absolute Gasteiger partial charge is 0.493 e. The monoisotopic (exact) mass is 450 g/mol. The van der Waals surface area contributed by atoms with Crippen LogP contribution in [0.5, 0.6) is 5.75 Å². The molecular formula is C24H26N4O3S. The van der Waals surface area contributed by atoms with Gasteiger partial charge in [-0.3, -0.25) is 0 Å². The van der Waals surface area contributed by atoms with Crippen molar-refractivity contribution in [2.45, 2.75) is 19.8 Å². The topological polar surface area (TPSA) is 93.2 Å². The van der Waals surface area contributed by atoms with E-state index in [1.165, 1.54) is 23.0 Å². The molecule has 0 spiro atoms. The standard InChI is InChI=1S/C24H26N4O3S/c1-17-13-18-7-8-21(15-19(18)14-17)27-24-25-10-9-23(28-24)26-20-5-3-6-22(16-20)31-11-4-12-32(2,29)30/h3,5-10,14-16H,4,11-13H2,1-2H3,(H2,25,26,27,28). The van der Waals surface area contributed by atoms with Crippen LogP contribution in [0.2, 0.25) is 0 Å². The molecular weight excluding hydrogens is 424 g/mol. The zero-order chi connectivity index (χ0) is 22.6. The summed E-state index contributed by atoms with van der Waals surface area (Å²) in [6.45, 7) is 2.48. The number of benzene rings is 2. The van der Waals surface area contributed by atoms with Crippen LogP contribution in [0.1, 0.15) is 24.5 Å². The summed E-state index contributed by atoms with van der Waals surface area (Å²) in [4.78, 5) is 8.87. The third-order valence-electron chi connectivity index (χ3n) is 4.96. The number of allylic oxidation sites excluding steroid dienone is 1. The minimum Gasteiger partial charge on any atom is -0.493 e. The molecule has 2 N–H and O–H groups in total. The van der Waals surface area contributed by atoms with Crippen LogP contribution in [0.3, 0.4) is 0 Å². The van der Waals surface area contributed by atoms with Gasteiger partial charge in [-0.05, 0) is 61.2 Å². The van der Waals surface area contributed by atoms with E-state index >= 15 is 0 Å². The van der Waals surface area contributed by atoms with Crippen molar-refractivity contribution in [3.05, 3.63) is 71.4 Å². The lowest BCUT2D eigenvalue weighted by atomic mass is 10.1. The van der Waals surface area contributed by atoms with Crippen LogP contribution in [0, 0.1) is 0 Å². The molecule has 1 aliphatic rings. The maximum Gasteiger partial charge on any atom is 0.229 e. The Morgan fingerprint density at radius 3 is 2.75 bits per heavy atom. The molecule has 4 rings (SSSR count). The van der Waals surface area contributed by atoms with Crippen molar-refractivity contribution in [2.24, 2.45) is 0 Å². The Balaban J connectivity index is 1.38. The molecule has 1 heterocycles. The number of nitrogens with one attached hydrogen (secondary N) is 2. The van der Waals surface area contributed by atoms with E-state index in [2.05, 4.69) is 45.7 Å². The number of rotatable bonds is 9. The lowest BCUT2D eigenvalue weighted by molar-refractivity contribution is 0.318. The average Bonchev–Trinajstić information content (AvgIpc) is 3.10. The molecule has 3 aromatic rings. The van der Waals surface area contributed by atoms with Gasteiger partial charge in [0.15, 0.2) is 0 Å². The van der Waals surface area contributed by atoms with E-state index < -0.39 is 9.84 Å². The van der Waals surface area contributed by atoms with Gasteiger partial charge in [-0.15, -0.1) is 0 Å². The lowest BCUT2D eigenvalue weighted by Gasteiger charge is -2.11. The van der Waals surface area contributed by atoms with E-state index in [0.29, 0.717) is 30.5 Å². The number of hydrogen-bond acceptors (Lipinski definition) is 7. The molecule has 166 valence electrons. The maximum atomic E-state index is 11.2. The molecule has 0 amide bonds. The second kappa shape index (κ2) is 9.40. The number of fused-ring (bicyclic) bond motifs is 1. The van der Waals surface area contributed by atoms with Crippen LogP contribution in [0.25, 0.3) is 6.08 Å². The molecule has 0 saturated carbocycles. The first-order valence-corrected chi connectivity index (χ1v) is 12.5. The van der Waals surface area contributed by atoms with Crippen molar-refractivity contribution >= 4 is 39.1 Å². The summed E-state index contributed by atoms with van der Waals surface area (Å²) in [6, 6.07) is 15.5. The number of ether oxygens (including phenoxy) is 1. The molecule has 0 unspecified atom stereocenters. The minimum absolute atomic E-state index is 0.113. The fourth-order valence-corrected chi connectivity index (χ4v) is 4.17. The van der Waals surface area contributed by atoms with Gasteiger partial charge in [-0.2, -0.15) is 4.98 Å². The highest BCUT2D eigenvalue weighted by atomic mass is 32.2. The smallest absolute Gasteiger partial charge is 0.229 e. The number of anilines is 4. The van der Waals surface area contributed by atoms with Crippen LogP contribution in [0.4, 0.5) is 23.1 Å². The molecule has 0 atom stereocenters. The highest BCUT2D eigenvalue weighted by Gasteiger charge is 2.10.